The lowest BCUT2D eigenvalue weighted by Crippen LogP contribution is -2.32. The van der Waals surface area contributed by atoms with Gasteiger partial charge in [-0.25, -0.2) is 0 Å². The number of rotatable bonds is 5. The quantitative estimate of drug-likeness (QED) is 0.569. The Balaban J connectivity index is 4.77. The Labute approximate surface area is 99.5 Å². The molecule has 0 aliphatic carbocycles. The molecule has 0 aromatic carbocycles. The average Bonchev–Trinajstić information content (AvgIpc) is 2.12. The molecule has 0 heterocycles. The first kappa shape index (κ1) is 16.9. The van der Waals surface area contributed by atoms with Gasteiger partial charge < -0.3 is 4.90 Å². The van der Waals surface area contributed by atoms with Crippen molar-refractivity contribution in [2.24, 2.45) is 4.99 Å². The Morgan fingerprint density at radius 3 is 1.89 bits per heavy atom. The zero-order valence-electron chi connectivity index (χ0n) is 9.69. The van der Waals surface area contributed by atoms with E-state index in [1.165, 1.54) is 4.90 Å². The molecule has 0 atom stereocenters. The molecule has 0 N–H and O–H groups in total. The van der Waals surface area contributed by atoms with Crippen molar-refractivity contribution in [1.82, 2.24) is 4.90 Å². The van der Waals surface area contributed by atoms with Crippen LogP contribution in [0.3, 0.4) is 0 Å². The van der Waals surface area contributed by atoms with Crippen LogP contribution in [0.1, 0.15) is 6.42 Å². The van der Waals surface area contributed by atoms with Gasteiger partial charge in [0.2, 0.25) is 5.78 Å². The van der Waals surface area contributed by atoms with Crippen molar-refractivity contribution < 1.29 is 31.1 Å². The molecule has 0 aromatic heterocycles. The largest absolute Gasteiger partial charge is 0.450 e. The van der Waals surface area contributed by atoms with E-state index in [1.807, 2.05) is 0 Å². The van der Waals surface area contributed by atoms with Crippen LogP contribution >= 0.6 is 0 Å². The molecule has 0 amide bonds. The summed E-state index contributed by atoms with van der Waals surface area (Å²) < 4.78 is 72.6. The van der Waals surface area contributed by atoms with Gasteiger partial charge in [0.15, 0.2) is 0 Å². The standard InChI is InChI=1S/C9H12F6N2O/c1-17(2)4-3-16-6(8(10,11)12)5-7(18)9(13,14)15/h3-5H2,1-2H3. The first-order valence-electron chi connectivity index (χ1n) is 4.80. The molecule has 18 heavy (non-hydrogen) atoms. The molecule has 0 saturated carbocycles. The molecule has 0 rings (SSSR count). The second-order valence-corrected chi connectivity index (χ2v) is 3.73. The van der Waals surface area contributed by atoms with E-state index in [0.29, 0.717) is 0 Å². The van der Waals surface area contributed by atoms with Crippen molar-refractivity contribution in [3.05, 3.63) is 0 Å². The van der Waals surface area contributed by atoms with Crippen LogP contribution in [0.2, 0.25) is 0 Å². The molecular formula is C9H12F6N2O. The van der Waals surface area contributed by atoms with Gasteiger partial charge in [-0.1, -0.05) is 0 Å². The van der Waals surface area contributed by atoms with Crippen molar-refractivity contribution in [1.29, 1.82) is 0 Å². The van der Waals surface area contributed by atoms with Gasteiger partial charge in [-0.05, 0) is 14.1 Å². The lowest BCUT2D eigenvalue weighted by atomic mass is 10.2. The Kier molecular flexibility index (Phi) is 5.78. The van der Waals surface area contributed by atoms with Gasteiger partial charge in [-0.3, -0.25) is 9.79 Å². The molecule has 0 aliphatic rings. The molecular weight excluding hydrogens is 266 g/mol. The van der Waals surface area contributed by atoms with E-state index in [4.69, 9.17) is 0 Å². The molecule has 0 bridgehead atoms. The number of carbonyl (C=O) groups is 1. The summed E-state index contributed by atoms with van der Waals surface area (Å²) in [5, 5.41) is 0. The predicted molar refractivity (Wildman–Crippen MR) is 52.6 cm³/mol. The summed E-state index contributed by atoms with van der Waals surface area (Å²) in [5.74, 6) is -2.46. The van der Waals surface area contributed by atoms with Gasteiger partial charge in [0.1, 0.15) is 5.71 Å². The number of aliphatic imine (C=N–C) groups is 1. The second kappa shape index (κ2) is 6.17. The molecule has 0 aliphatic heterocycles. The topological polar surface area (TPSA) is 32.7 Å². The summed E-state index contributed by atoms with van der Waals surface area (Å²) in [6, 6.07) is 0. The Morgan fingerprint density at radius 2 is 1.56 bits per heavy atom. The number of alkyl halides is 6. The SMILES string of the molecule is CN(C)CCN=C(CC(=O)C(F)(F)F)C(F)(F)F. The molecule has 0 aromatic rings. The highest BCUT2D eigenvalue weighted by molar-refractivity contribution is 6.06. The lowest BCUT2D eigenvalue weighted by Gasteiger charge is -2.12. The van der Waals surface area contributed by atoms with Gasteiger partial charge >= 0.3 is 12.4 Å². The van der Waals surface area contributed by atoms with E-state index in [-0.39, 0.29) is 13.1 Å². The van der Waals surface area contributed by atoms with E-state index in [1.54, 1.807) is 14.1 Å². The summed E-state index contributed by atoms with van der Waals surface area (Å²) >= 11 is 0. The average molecular weight is 278 g/mol. The number of ketones is 1. The fourth-order valence-electron chi connectivity index (χ4n) is 0.883. The minimum Gasteiger partial charge on any atom is -0.308 e. The zero-order valence-corrected chi connectivity index (χ0v) is 9.69. The van der Waals surface area contributed by atoms with Crippen molar-refractivity contribution >= 4 is 11.5 Å². The number of hydrogen-bond acceptors (Lipinski definition) is 3. The molecule has 3 nitrogen and oxygen atoms in total. The third-order valence-electron chi connectivity index (χ3n) is 1.82. The van der Waals surface area contributed by atoms with Crippen LogP contribution in [0.25, 0.3) is 0 Å². The van der Waals surface area contributed by atoms with E-state index >= 15 is 0 Å². The highest BCUT2D eigenvalue weighted by atomic mass is 19.4. The monoisotopic (exact) mass is 278 g/mol. The van der Waals surface area contributed by atoms with Crippen LogP contribution in [-0.4, -0.2) is 55.9 Å². The van der Waals surface area contributed by atoms with Crippen LogP contribution in [-0.2, 0) is 4.79 Å². The van der Waals surface area contributed by atoms with Crippen LogP contribution in [0.15, 0.2) is 4.99 Å². The molecule has 9 heteroatoms. The normalized spacial score (nSPS) is 14.2. The number of hydrogen-bond donors (Lipinski definition) is 0. The van der Waals surface area contributed by atoms with Gasteiger partial charge in [0, 0.05) is 6.54 Å². The third-order valence-corrected chi connectivity index (χ3v) is 1.82. The molecule has 0 radical (unpaired) electrons. The minimum absolute atomic E-state index is 0.139. The van der Waals surface area contributed by atoms with Crippen molar-refractivity contribution in [3.8, 4) is 0 Å². The van der Waals surface area contributed by atoms with E-state index < -0.39 is 30.3 Å². The van der Waals surface area contributed by atoms with Crippen LogP contribution < -0.4 is 0 Å². The predicted octanol–water partition coefficient (Wildman–Crippen LogP) is 2.07. The van der Waals surface area contributed by atoms with Gasteiger partial charge in [-0.2, -0.15) is 26.3 Å². The zero-order chi connectivity index (χ0) is 14.6. The summed E-state index contributed by atoms with van der Waals surface area (Å²) in [6.07, 6.45) is -12.1. The second-order valence-electron chi connectivity index (χ2n) is 3.73. The van der Waals surface area contributed by atoms with E-state index in [0.717, 1.165) is 0 Å². The van der Waals surface area contributed by atoms with E-state index in [9.17, 15) is 31.1 Å². The van der Waals surface area contributed by atoms with Gasteiger partial charge in [0.05, 0.1) is 13.0 Å². The Morgan fingerprint density at radius 1 is 1.06 bits per heavy atom. The summed E-state index contributed by atoms with van der Waals surface area (Å²) in [5.41, 5.74) is -1.70. The fourth-order valence-corrected chi connectivity index (χ4v) is 0.883. The maximum atomic E-state index is 12.3. The number of nitrogens with zero attached hydrogens (tertiary/aromatic N) is 2. The first-order valence-corrected chi connectivity index (χ1v) is 4.80. The minimum atomic E-state index is -5.28. The maximum absolute atomic E-state index is 12.3. The Bertz CT molecular complexity index is 318. The molecule has 0 saturated heterocycles. The Hall–Kier alpha value is -1.12. The smallest absolute Gasteiger partial charge is 0.308 e. The number of Topliss-reactive ketones (excluding diaryl/α,β-unsaturated/α-hetero) is 1. The van der Waals surface area contributed by atoms with Gasteiger partial charge in [0.25, 0.3) is 0 Å². The maximum Gasteiger partial charge on any atom is 0.450 e. The highest BCUT2D eigenvalue weighted by Gasteiger charge is 2.44. The molecule has 0 spiro atoms. The van der Waals surface area contributed by atoms with Crippen molar-refractivity contribution in [2.75, 3.05) is 27.2 Å². The van der Waals surface area contributed by atoms with Crippen LogP contribution in [0.5, 0.6) is 0 Å². The van der Waals surface area contributed by atoms with Crippen LogP contribution in [0, 0.1) is 0 Å². The van der Waals surface area contributed by atoms with Crippen molar-refractivity contribution in [3.63, 3.8) is 0 Å². The van der Waals surface area contributed by atoms with Gasteiger partial charge in [-0.15, -0.1) is 0 Å². The third kappa shape index (κ3) is 6.58. The lowest BCUT2D eigenvalue weighted by molar-refractivity contribution is -0.170. The molecule has 0 fully saturated rings. The summed E-state index contributed by atoms with van der Waals surface area (Å²) in [7, 11) is 3.15. The number of halogens is 6. The molecule has 0 unspecified atom stereocenters. The first-order chi connectivity index (χ1) is 7.94. The fraction of sp³-hybridized carbons (Fsp3) is 0.778. The van der Waals surface area contributed by atoms with E-state index in [2.05, 4.69) is 4.99 Å². The number of likely N-dealkylation sites (N-methyl/N-ethyl adjacent to an activating group) is 1. The number of carbonyl (C=O) groups excluding carboxylic acids is 1. The highest BCUT2D eigenvalue weighted by Crippen LogP contribution is 2.24. The van der Waals surface area contributed by atoms with Crippen molar-refractivity contribution in [2.45, 2.75) is 18.8 Å². The molecule has 106 valence electrons. The van der Waals surface area contributed by atoms with Crippen LogP contribution in [0.4, 0.5) is 26.3 Å². The summed E-state index contributed by atoms with van der Waals surface area (Å²) in [6.45, 7) is -0.188. The summed E-state index contributed by atoms with van der Waals surface area (Å²) in [4.78, 5) is 15.0.